The first-order valence-electron chi connectivity index (χ1n) is 8.87. The Morgan fingerprint density at radius 3 is 2.84 bits per heavy atom. The van der Waals surface area contributed by atoms with Gasteiger partial charge in [-0.15, -0.1) is 0 Å². The molecule has 4 rings (SSSR count). The number of carbonyl (C=O) groups is 1. The largest absolute Gasteiger partial charge is 0.440 e. The third-order valence-corrected chi connectivity index (χ3v) is 4.81. The smallest absolute Gasteiger partial charge is 0.317 e. The summed E-state index contributed by atoms with van der Waals surface area (Å²) in [7, 11) is 0. The average Bonchev–Trinajstić information content (AvgIpc) is 3.11. The lowest BCUT2D eigenvalue weighted by molar-refractivity contribution is -0.0856. The van der Waals surface area contributed by atoms with Gasteiger partial charge in [0.2, 0.25) is 0 Å². The second kappa shape index (κ2) is 7.41. The summed E-state index contributed by atoms with van der Waals surface area (Å²) in [5.41, 5.74) is 1.72. The molecular formula is C18H23N3O4. The molecule has 3 heterocycles. The van der Waals surface area contributed by atoms with E-state index in [2.05, 4.69) is 10.3 Å². The zero-order chi connectivity index (χ0) is 17.1. The number of para-hydroxylation sites is 2. The predicted octanol–water partition coefficient (Wildman–Crippen LogP) is 2.13. The van der Waals surface area contributed by atoms with Crippen LogP contribution in [-0.4, -0.2) is 61.5 Å². The number of nitrogens with one attached hydrogen (secondary N) is 1. The quantitative estimate of drug-likeness (QED) is 0.922. The molecule has 0 radical (unpaired) electrons. The molecule has 25 heavy (non-hydrogen) atoms. The zero-order valence-electron chi connectivity index (χ0n) is 14.1. The molecule has 0 spiro atoms. The molecule has 2 amide bonds. The van der Waals surface area contributed by atoms with Gasteiger partial charge in [0.1, 0.15) is 5.52 Å². The van der Waals surface area contributed by atoms with E-state index in [1.54, 1.807) is 0 Å². The molecule has 1 unspecified atom stereocenters. The van der Waals surface area contributed by atoms with Crippen molar-refractivity contribution in [1.82, 2.24) is 15.2 Å². The van der Waals surface area contributed by atoms with Gasteiger partial charge in [0.05, 0.1) is 25.9 Å². The number of likely N-dealkylation sites (tertiary alicyclic amines) is 1. The van der Waals surface area contributed by atoms with Crippen LogP contribution >= 0.6 is 0 Å². The normalized spacial score (nSPS) is 22.2. The van der Waals surface area contributed by atoms with Crippen LogP contribution in [-0.2, 0) is 9.47 Å². The molecule has 2 saturated heterocycles. The maximum Gasteiger partial charge on any atom is 0.317 e. The van der Waals surface area contributed by atoms with Gasteiger partial charge in [-0.1, -0.05) is 12.1 Å². The van der Waals surface area contributed by atoms with E-state index in [9.17, 15) is 4.79 Å². The topological polar surface area (TPSA) is 76.8 Å². The maximum absolute atomic E-state index is 12.3. The number of carbonyl (C=O) groups excluding carboxylic acids is 1. The van der Waals surface area contributed by atoms with Crippen LogP contribution in [0.15, 0.2) is 28.7 Å². The molecule has 0 aliphatic carbocycles. The van der Waals surface area contributed by atoms with Crippen molar-refractivity contribution in [3.63, 3.8) is 0 Å². The third-order valence-electron chi connectivity index (χ3n) is 4.81. The Morgan fingerprint density at radius 1 is 1.24 bits per heavy atom. The highest BCUT2D eigenvalue weighted by molar-refractivity contribution is 5.74. The Labute approximate surface area is 146 Å². The van der Waals surface area contributed by atoms with E-state index in [1.807, 2.05) is 29.2 Å². The second-order valence-electron chi connectivity index (χ2n) is 6.53. The number of nitrogens with zero attached hydrogens (tertiary/aromatic N) is 2. The Balaban J connectivity index is 1.28. The predicted molar refractivity (Wildman–Crippen MR) is 91.5 cm³/mol. The molecule has 2 aliphatic rings. The summed E-state index contributed by atoms with van der Waals surface area (Å²) in [6.45, 7) is 3.67. The number of urea groups is 1. The minimum Gasteiger partial charge on any atom is -0.440 e. The fraction of sp³-hybridized carbons (Fsp3) is 0.556. The number of hydrogen-bond acceptors (Lipinski definition) is 5. The minimum absolute atomic E-state index is 0.0369. The lowest BCUT2D eigenvalue weighted by atomic mass is 9.97. The monoisotopic (exact) mass is 345 g/mol. The SMILES string of the molecule is O=C(NCC1COCCO1)N1CCC(c2nc3ccccc3o2)CC1. The summed E-state index contributed by atoms with van der Waals surface area (Å²) in [4.78, 5) is 18.7. The van der Waals surface area contributed by atoms with Gasteiger partial charge < -0.3 is 24.1 Å². The van der Waals surface area contributed by atoms with Gasteiger partial charge in [-0.3, -0.25) is 0 Å². The van der Waals surface area contributed by atoms with Crippen LogP contribution in [0.5, 0.6) is 0 Å². The number of oxazole rings is 1. The summed E-state index contributed by atoms with van der Waals surface area (Å²) >= 11 is 0. The van der Waals surface area contributed by atoms with Crippen molar-refractivity contribution < 1.29 is 18.7 Å². The number of piperidine rings is 1. The minimum atomic E-state index is -0.0463. The van der Waals surface area contributed by atoms with E-state index in [4.69, 9.17) is 13.9 Å². The van der Waals surface area contributed by atoms with Gasteiger partial charge >= 0.3 is 6.03 Å². The Hall–Kier alpha value is -2.12. The molecule has 0 saturated carbocycles. The van der Waals surface area contributed by atoms with E-state index in [1.165, 1.54) is 0 Å². The highest BCUT2D eigenvalue weighted by atomic mass is 16.6. The molecule has 1 N–H and O–H groups in total. The molecule has 1 aromatic heterocycles. The molecule has 1 aromatic carbocycles. The molecule has 0 bridgehead atoms. The van der Waals surface area contributed by atoms with Crippen molar-refractivity contribution in [3.05, 3.63) is 30.2 Å². The van der Waals surface area contributed by atoms with Crippen molar-refractivity contribution in [3.8, 4) is 0 Å². The molecule has 134 valence electrons. The Bertz CT molecular complexity index is 685. The summed E-state index contributed by atoms with van der Waals surface area (Å²) in [6, 6.07) is 7.77. The van der Waals surface area contributed by atoms with Crippen molar-refractivity contribution in [2.75, 3.05) is 39.5 Å². The van der Waals surface area contributed by atoms with Crippen LogP contribution in [0.1, 0.15) is 24.7 Å². The number of ether oxygens (including phenoxy) is 2. The number of aromatic nitrogens is 1. The van der Waals surface area contributed by atoms with Crippen molar-refractivity contribution in [2.45, 2.75) is 24.9 Å². The maximum atomic E-state index is 12.3. The first-order valence-corrected chi connectivity index (χ1v) is 8.87. The Kier molecular flexibility index (Phi) is 4.85. The molecule has 2 aliphatic heterocycles. The highest BCUT2D eigenvalue weighted by Crippen LogP contribution is 2.29. The standard InChI is InChI=1S/C18H23N3O4/c22-18(19-11-14-12-23-9-10-24-14)21-7-5-13(6-8-21)17-20-15-3-1-2-4-16(15)25-17/h1-4,13-14H,5-12H2,(H,19,22). The fourth-order valence-electron chi connectivity index (χ4n) is 3.36. The number of amides is 2. The van der Waals surface area contributed by atoms with Crippen molar-refractivity contribution in [2.24, 2.45) is 0 Å². The van der Waals surface area contributed by atoms with Gasteiger partial charge in [-0.2, -0.15) is 0 Å². The summed E-state index contributed by atoms with van der Waals surface area (Å²) in [5.74, 6) is 1.06. The van der Waals surface area contributed by atoms with Crippen molar-refractivity contribution >= 4 is 17.1 Å². The number of benzene rings is 1. The fourth-order valence-corrected chi connectivity index (χ4v) is 3.36. The zero-order valence-corrected chi connectivity index (χ0v) is 14.1. The van der Waals surface area contributed by atoms with Gasteiger partial charge in [-0.05, 0) is 25.0 Å². The summed E-state index contributed by atoms with van der Waals surface area (Å²) in [6.07, 6.45) is 1.68. The van der Waals surface area contributed by atoms with E-state index < -0.39 is 0 Å². The van der Waals surface area contributed by atoms with Crippen LogP contribution in [0.2, 0.25) is 0 Å². The molecule has 7 heteroatoms. The first-order chi connectivity index (χ1) is 12.3. The third kappa shape index (κ3) is 3.77. The lowest BCUT2D eigenvalue weighted by Gasteiger charge is -2.31. The van der Waals surface area contributed by atoms with E-state index in [0.29, 0.717) is 39.5 Å². The van der Waals surface area contributed by atoms with Gasteiger partial charge in [0.15, 0.2) is 11.5 Å². The second-order valence-corrected chi connectivity index (χ2v) is 6.53. The summed E-state index contributed by atoms with van der Waals surface area (Å²) < 4.78 is 16.8. The lowest BCUT2D eigenvalue weighted by Crippen LogP contribution is -2.47. The first kappa shape index (κ1) is 16.4. The molecule has 2 fully saturated rings. The van der Waals surface area contributed by atoms with Crippen LogP contribution in [0.25, 0.3) is 11.1 Å². The molecule has 2 aromatic rings. The van der Waals surface area contributed by atoms with Gasteiger partial charge in [-0.25, -0.2) is 9.78 Å². The Morgan fingerprint density at radius 2 is 2.08 bits per heavy atom. The average molecular weight is 345 g/mol. The van der Waals surface area contributed by atoms with Crippen molar-refractivity contribution in [1.29, 1.82) is 0 Å². The molecule has 1 atom stereocenters. The van der Waals surface area contributed by atoms with Crippen LogP contribution in [0, 0.1) is 0 Å². The van der Waals surface area contributed by atoms with E-state index in [0.717, 1.165) is 29.8 Å². The number of fused-ring (bicyclic) bond motifs is 1. The highest BCUT2D eigenvalue weighted by Gasteiger charge is 2.27. The van der Waals surface area contributed by atoms with Crippen LogP contribution < -0.4 is 5.32 Å². The summed E-state index contributed by atoms with van der Waals surface area (Å²) in [5, 5.41) is 2.94. The van der Waals surface area contributed by atoms with Crippen LogP contribution in [0.4, 0.5) is 4.79 Å². The number of hydrogen-bond donors (Lipinski definition) is 1. The van der Waals surface area contributed by atoms with E-state index >= 15 is 0 Å². The van der Waals surface area contributed by atoms with Gasteiger partial charge in [0, 0.05) is 25.6 Å². The van der Waals surface area contributed by atoms with Crippen LogP contribution in [0.3, 0.4) is 0 Å². The number of rotatable bonds is 3. The van der Waals surface area contributed by atoms with Gasteiger partial charge in [0.25, 0.3) is 0 Å². The molecule has 7 nitrogen and oxygen atoms in total. The van der Waals surface area contributed by atoms with E-state index in [-0.39, 0.29) is 18.1 Å². The molecular weight excluding hydrogens is 322 g/mol.